The molecule has 0 spiro atoms. The van der Waals surface area contributed by atoms with Gasteiger partial charge in [-0.1, -0.05) is 30.3 Å². The van der Waals surface area contributed by atoms with E-state index in [0.717, 1.165) is 12.0 Å². The highest BCUT2D eigenvalue weighted by Crippen LogP contribution is 2.27. The van der Waals surface area contributed by atoms with Gasteiger partial charge in [-0.2, -0.15) is 0 Å². The molecule has 3 atom stereocenters. The Morgan fingerprint density at radius 2 is 2.00 bits per heavy atom. The molecule has 2 aliphatic heterocycles. The third-order valence-corrected chi connectivity index (χ3v) is 5.16. The van der Waals surface area contributed by atoms with E-state index in [4.69, 9.17) is 4.74 Å². The summed E-state index contributed by atoms with van der Waals surface area (Å²) in [4.78, 5) is 28.2. The lowest BCUT2D eigenvalue weighted by Crippen LogP contribution is -2.45. The molecule has 0 saturated carbocycles. The van der Waals surface area contributed by atoms with Crippen LogP contribution in [0.4, 0.5) is 0 Å². The van der Waals surface area contributed by atoms with Gasteiger partial charge in [0.25, 0.3) is 0 Å². The molecule has 2 N–H and O–H groups in total. The van der Waals surface area contributed by atoms with Crippen LogP contribution < -0.4 is 10.9 Å². The van der Waals surface area contributed by atoms with E-state index in [9.17, 15) is 9.59 Å². The highest BCUT2D eigenvalue weighted by atomic mass is 16.5. The van der Waals surface area contributed by atoms with E-state index < -0.39 is 0 Å². The van der Waals surface area contributed by atoms with Crippen molar-refractivity contribution in [3.8, 4) is 0 Å². The van der Waals surface area contributed by atoms with Gasteiger partial charge in [0.15, 0.2) is 0 Å². The monoisotopic (exact) mass is 360 g/mol. The summed E-state index contributed by atoms with van der Waals surface area (Å²) in [6.45, 7) is 2.02. The normalized spacial score (nSPS) is 25.7. The van der Waals surface area contributed by atoms with Gasteiger partial charge in [-0.3, -0.25) is 20.4 Å². The molecule has 3 unspecified atom stereocenters. The molecule has 142 valence electrons. The standard InChI is InChI=1S/C19H28N4O3/c1-22(11-16-9-17(13-26-2)21-20-16)19(25)12-23-10-15(8-18(23)24)14-6-4-3-5-7-14/h3-7,15-17,20-21H,8-13H2,1-2H3. The van der Waals surface area contributed by atoms with Crippen molar-refractivity contribution in [2.45, 2.75) is 30.8 Å². The van der Waals surface area contributed by atoms with Crippen molar-refractivity contribution in [3.63, 3.8) is 0 Å². The number of hydrazine groups is 1. The Hall–Kier alpha value is -1.96. The third-order valence-electron chi connectivity index (χ3n) is 5.16. The van der Waals surface area contributed by atoms with Crippen molar-refractivity contribution in [1.82, 2.24) is 20.7 Å². The summed E-state index contributed by atoms with van der Waals surface area (Å²) in [5.41, 5.74) is 7.54. The van der Waals surface area contributed by atoms with E-state index in [2.05, 4.69) is 10.9 Å². The highest BCUT2D eigenvalue weighted by Gasteiger charge is 2.33. The molecule has 2 aliphatic rings. The number of likely N-dealkylation sites (tertiary alicyclic amines) is 1. The molecule has 7 nitrogen and oxygen atoms in total. The Bertz CT molecular complexity index is 624. The summed E-state index contributed by atoms with van der Waals surface area (Å²) in [6, 6.07) is 10.5. The Morgan fingerprint density at radius 3 is 2.73 bits per heavy atom. The minimum atomic E-state index is -0.0240. The number of hydrogen-bond acceptors (Lipinski definition) is 5. The zero-order valence-corrected chi connectivity index (χ0v) is 15.5. The lowest BCUT2D eigenvalue weighted by molar-refractivity contribution is -0.137. The molecular weight excluding hydrogens is 332 g/mol. The molecule has 2 heterocycles. The number of nitrogens with one attached hydrogen (secondary N) is 2. The number of carbonyl (C=O) groups excluding carboxylic acids is 2. The molecule has 2 saturated heterocycles. The average Bonchev–Trinajstić information content (AvgIpc) is 3.23. The first-order valence-corrected chi connectivity index (χ1v) is 9.13. The van der Waals surface area contributed by atoms with Crippen molar-refractivity contribution in [2.75, 3.05) is 40.4 Å². The molecule has 2 fully saturated rings. The molecule has 2 amide bonds. The topological polar surface area (TPSA) is 73.9 Å². The summed E-state index contributed by atoms with van der Waals surface area (Å²) < 4.78 is 5.15. The molecule has 0 bridgehead atoms. The predicted octanol–water partition coefficient (Wildman–Crippen LogP) is 0.342. The summed E-state index contributed by atoms with van der Waals surface area (Å²) >= 11 is 0. The minimum Gasteiger partial charge on any atom is -0.383 e. The van der Waals surface area contributed by atoms with Crippen LogP contribution in [-0.2, 0) is 14.3 Å². The molecule has 0 aromatic heterocycles. The molecule has 26 heavy (non-hydrogen) atoms. The zero-order valence-electron chi connectivity index (χ0n) is 15.5. The number of nitrogens with zero attached hydrogens (tertiary/aromatic N) is 2. The van der Waals surface area contributed by atoms with Crippen LogP contribution in [0.25, 0.3) is 0 Å². The third kappa shape index (κ3) is 4.60. The summed E-state index contributed by atoms with van der Waals surface area (Å²) in [6.07, 6.45) is 1.39. The largest absolute Gasteiger partial charge is 0.383 e. The van der Waals surface area contributed by atoms with Gasteiger partial charge in [0, 0.05) is 51.7 Å². The smallest absolute Gasteiger partial charge is 0.241 e. The van der Waals surface area contributed by atoms with Crippen molar-refractivity contribution in [3.05, 3.63) is 35.9 Å². The van der Waals surface area contributed by atoms with Crippen LogP contribution in [0.1, 0.15) is 24.3 Å². The van der Waals surface area contributed by atoms with Gasteiger partial charge in [0.2, 0.25) is 11.8 Å². The zero-order chi connectivity index (χ0) is 18.5. The number of benzene rings is 1. The summed E-state index contributed by atoms with van der Waals surface area (Å²) in [5.74, 6) is 0.211. The first-order chi connectivity index (χ1) is 12.6. The lowest BCUT2D eigenvalue weighted by atomic mass is 9.99. The number of amides is 2. The molecule has 0 radical (unpaired) electrons. The van der Waals surface area contributed by atoms with E-state index in [-0.39, 0.29) is 36.4 Å². The van der Waals surface area contributed by atoms with Gasteiger partial charge in [-0.25, -0.2) is 0 Å². The fraction of sp³-hybridized carbons (Fsp3) is 0.579. The molecule has 1 aromatic rings. The fourth-order valence-electron chi connectivity index (χ4n) is 3.72. The summed E-state index contributed by atoms with van der Waals surface area (Å²) in [5, 5.41) is 0. The SMILES string of the molecule is COCC1CC(CN(C)C(=O)CN2CC(c3ccccc3)CC2=O)NN1. The van der Waals surface area contributed by atoms with Crippen LogP contribution in [0, 0.1) is 0 Å². The number of ether oxygens (including phenoxy) is 1. The van der Waals surface area contributed by atoms with Crippen molar-refractivity contribution in [2.24, 2.45) is 0 Å². The van der Waals surface area contributed by atoms with Gasteiger partial charge in [-0.15, -0.1) is 0 Å². The van der Waals surface area contributed by atoms with Crippen LogP contribution in [0.15, 0.2) is 30.3 Å². The Kier molecular flexibility index (Phi) is 6.24. The van der Waals surface area contributed by atoms with Crippen molar-refractivity contribution in [1.29, 1.82) is 0 Å². The first kappa shape index (κ1) is 18.8. The fourth-order valence-corrected chi connectivity index (χ4v) is 3.72. The van der Waals surface area contributed by atoms with E-state index in [1.54, 1.807) is 24.0 Å². The van der Waals surface area contributed by atoms with Crippen LogP contribution >= 0.6 is 0 Å². The van der Waals surface area contributed by atoms with Crippen LogP contribution in [0.5, 0.6) is 0 Å². The van der Waals surface area contributed by atoms with Crippen molar-refractivity contribution < 1.29 is 14.3 Å². The van der Waals surface area contributed by atoms with Crippen molar-refractivity contribution >= 4 is 11.8 Å². The maximum atomic E-state index is 12.5. The lowest BCUT2D eigenvalue weighted by Gasteiger charge is -2.24. The quantitative estimate of drug-likeness (QED) is 0.734. The van der Waals surface area contributed by atoms with Crippen LogP contribution in [0.3, 0.4) is 0 Å². The van der Waals surface area contributed by atoms with Gasteiger partial charge < -0.3 is 14.5 Å². The number of rotatable bonds is 7. The second-order valence-electron chi connectivity index (χ2n) is 7.23. The number of hydrogen-bond donors (Lipinski definition) is 2. The Labute approximate surface area is 154 Å². The molecule has 1 aromatic carbocycles. The van der Waals surface area contributed by atoms with Gasteiger partial charge in [0.05, 0.1) is 13.2 Å². The Balaban J connectivity index is 1.47. The second kappa shape index (κ2) is 8.62. The predicted molar refractivity (Wildman–Crippen MR) is 98.4 cm³/mol. The van der Waals surface area contributed by atoms with Crippen LogP contribution in [0.2, 0.25) is 0 Å². The molecule has 0 aliphatic carbocycles. The number of carbonyl (C=O) groups is 2. The molecular formula is C19H28N4O3. The maximum Gasteiger partial charge on any atom is 0.241 e. The van der Waals surface area contributed by atoms with E-state index in [1.807, 2.05) is 30.3 Å². The van der Waals surface area contributed by atoms with E-state index in [0.29, 0.717) is 26.1 Å². The molecule has 3 rings (SSSR count). The van der Waals surface area contributed by atoms with Gasteiger partial charge >= 0.3 is 0 Å². The van der Waals surface area contributed by atoms with E-state index >= 15 is 0 Å². The van der Waals surface area contributed by atoms with Gasteiger partial charge in [-0.05, 0) is 12.0 Å². The second-order valence-corrected chi connectivity index (χ2v) is 7.23. The van der Waals surface area contributed by atoms with Crippen LogP contribution in [-0.4, -0.2) is 74.1 Å². The number of methoxy groups -OCH3 is 1. The maximum absolute atomic E-state index is 12.5. The Morgan fingerprint density at radius 1 is 1.27 bits per heavy atom. The average molecular weight is 360 g/mol. The first-order valence-electron chi connectivity index (χ1n) is 9.13. The minimum absolute atomic E-state index is 0.0240. The summed E-state index contributed by atoms with van der Waals surface area (Å²) in [7, 11) is 3.48. The highest BCUT2D eigenvalue weighted by molar-refractivity contribution is 5.86. The van der Waals surface area contributed by atoms with Gasteiger partial charge in [0.1, 0.15) is 0 Å². The number of likely N-dealkylation sites (N-methyl/N-ethyl adjacent to an activating group) is 1. The molecule has 7 heteroatoms. The van der Waals surface area contributed by atoms with E-state index in [1.165, 1.54) is 0 Å².